The standard InChI is InChI=1S/C7H14O4/c1-9-3-7-5-10-6(2-8)4-11-7/h6-8H,2-5H2,1H3. The Balaban J connectivity index is 2.14. The van der Waals surface area contributed by atoms with Crippen LogP contribution >= 0.6 is 0 Å². The van der Waals surface area contributed by atoms with Crippen molar-refractivity contribution in [2.45, 2.75) is 12.2 Å². The average molecular weight is 162 g/mol. The summed E-state index contributed by atoms with van der Waals surface area (Å²) in [6, 6.07) is 0. The molecule has 1 aliphatic rings. The lowest BCUT2D eigenvalue weighted by Gasteiger charge is -2.27. The monoisotopic (exact) mass is 162 g/mol. The van der Waals surface area contributed by atoms with Crippen LogP contribution in [-0.2, 0) is 14.2 Å². The molecule has 1 rings (SSSR count). The summed E-state index contributed by atoms with van der Waals surface area (Å²) in [6.45, 7) is 1.56. The van der Waals surface area contributed by atoms with E-state index in [9.17, 15) is 0 Å². The van der Waals surface area contributed by atoms with Crippen LogP contribution in [0, 0.1) is 0 Å². The third-order valence-electron chi connectivity index (χ3n) is 1.59. The maximum absolute atomic E-state index is 8.67. The highest BCUT2D eigenvalue weighted by Gasteiger charge is 2.20. The zero-order valence-electron chi connectivity index (χ0n) is 6.66. The van der Waals surface area contributed by atoms with E-state index in [1.165, 1.54) is 0 Å². The first-order valence-electron chi connectivity index (χ1n) is 3.69. The molecule has 0 bridgehead atoms. The fraction of sp³-hybridized carbons (Fsp3) is 1.00. The van der Waals surface area contributed by atoms with E-state index in [1.807, 2.05) is 0 Å². The van der Waals surface area contributed by atoms with E-state index < -0.39 is 0 Å². The fourth-order valence-corrected chi connectivity index (χ4v) is 0.971. The van der Waals surface area contributed by atoms with E-state index >= 15 is 0 Å². The van der Waals surface area contributed by atoms with Gasteiger partial charge in [0.1, 0.15) is 12.2 Å². The van der Waals surface area contributed by atoms with Crippen molar-refractivity contribution in [3.05, 3.63) is 0 Å². The summed E-state index contributed by atoms with van der Waals surface area (Å²) >= 11 is 0. The maximum Gasteiger partial charge on any atom is 0.104 e. The Kier molecular flexibility index (Phi) is 3.79. The number of hydrogen-bond acceptors (Lipinski definition) is 4. The SMILES string of the molecule is COCC1COC(CO)CO1. The van der Waals surface area contributed by atoms with Gasteiger partial charge in [0.15, 0.2) is 0 Å². The Hall–Kier alpha value is -0.160. The quantitative estimate of drug-likeness (QED) is 0.602. The van der Waals surface area contributed by atoms with Crippen molar-refractivity contribution in [3.63, 3.8) is 0 Å². The number of ether oxygens (including phenoxy) is 3. The van der Waals surface area contributed by atoms with Gasteiger partial charge in [-0.2, -0.15) is 0 Å². The van der Waals surface area contributed by atoms with Gasteiger partial charge in [0.2, 0.25) is 0 Å². The van der Waals surface area contributed by atoms with Crippen LogP contribution in [0.3, 0.4) is 0 Å². The molecule has 2 unspecified atom stereocenters. The molecule has 0 saturated carbocycles. The summed E-state index contributed by atoms with van der Waals surface area (Å²) in [4.78, 5) is 0. The van der Waals surface area contributed by atoms with Crippen LogP contribution in [0.4, 0.5) is 0 Å². The molecular formula is C7H14O4. The molecule has 1 saturated heterocycles. The van der Waals surface area contributed by atoms with Crippen molar-refractivity contribution in [2.24, 2.45) is 0 Å². The van der Waals surface area contributed by atoms with Crippen LogP contribution in [0.15, 0.2) is 0 Å². The van der Waals surface area contributed by atoms with Crippen LogP contribution in [-0.4, -0.2) is 50.9 Å². The molecule has 0 radical (unpaired) electrons. The third-order valence-corrected chi connectivity index (χ3v) is 1.59. The number of aliphatic hydroxyl groups is 1. The highest BCUT2D eigenvalue weighted by molar-refractivity contribution is 4.66. The van der Waals surface area contributed by atoms with Crippen molar-refractivity contribution in [1.82, 2.24) is 0 Å². The van der Waals surface area contributed by atoms with E-state index in [-0.39, 0.29) is 18.8 Å². The summed E-state index contributed by atoms with van der Waals surface area (Å²) in [7, 11) is 1.63. The van der Waals surface area contributed by atoms with E-state index in [1.54, 1.807) is 7.11 Å². The van der Waals surface area contributed by atoms with Crippen molar-refractivity contribution in [1.29, 1.82) is 0 Å². The minimum atomic E-state index is -0.150. The minimum Gasteiger partial charge on any atom is -0.394 e. The maximum atomic E-state index is 8.67. The van der Waals surface area contributed by atoms with E-state index in [0.29, 0.717) is 19.8 Å². The van der Waals surface area contributed by atoms with Crippen LogP contribution in [0.25, 0.3) is 0 Å². The predicted molar refractivity (Wildman–Crippen MR) is 38.4 cm³/mol. The molecule has 66 valence electrons. The normalized spacial score (nSPS) is 32.2. The van der Waals surface area contributed by atoms with Gasteiger partial charge in [-0.3, -0.25) is 0 Å². The first-order chi connectivity index (χ1) is 5.36. The Morgan fingerprint density at radius 1 is 1.36 bits per heavy atom. The molecule has 0 aromatic heterocycles. The zero-order chi connectivity index (χ0) is 8.10. The van der Waals surface area contributed by atoms with Crippen LogP contribution in [0.5, 0.6) is 0 Å². The number of hydrogen-bond donors (Lipinski definition) is 1. The third kappa shape index (κ3) is 2.75. The molecule has 1 fully saturated rings. The highest BCUT2D eigenvalue weighted by atomic mass is 16.6. The molecule has 1 heterocycles. The van der Waals surface area contributed by atoms with E-state index in [4.69, 9.17) is 19.3 Å². The van der Waals surface area contributed by atoms with Crippen LogP contribution in [0.2, 0.25) is 0 Å². The van der Waals surface area contributed by atoms with E-state index in [0.717, 1.165) is 0 Å². The first-order valence-corrected chi connectivity index (χ1v) is 3.69. The molecule has 0 spiro atoms. The molecule has 0 amide bonds. The lowest BCUT2D eigenvalue weighted by Crippen LogP contribution is -2.39. The molecule has 11 heavy (non-hydrogen) atoms. The van der Waals surface area contributed by atoms with Gasteiger partial charge in [-0.1, -0.05) is 0 Å². The molecular weight excluding hydrogens is 148 g/mol. The second-order valence-electron chi connectivity index (χ2n) is 2.55. The Labute approximate surface area is 66.1 Å². The molecule has 0 aliphatic carbocycles. The summed E-state index contributed by atoms with van der Waals surface area (Å²) in [5.41, 5.74) is 0. The topological polar surface area (TPSA) is 47.9 Å². The molecule has 1 aliphatic heterocycles. The number of aliphatic hydroxyl groups excluding tert-OH is 1. The molecule has 0 aromatic rings. The van der Waals surface area contributed by atoms with E-state index in [2.05, 4.69) is 0 Å². The predicted octanol–water partition coefficient (Wildman–Crippen LogP) is -0.591. The Bertz CT molecular complexity index is 98.6. The summed E-state index contributed by atoms with van der Waals surface area (Å²) in [5, 5.41) is 8.67. The number of rotatable bonds is 3. The lowest BCUT2D eigenvalue weighted by atomic mass is 10.3. The molecule has 2 atom stereocenters. The minimum absolute atomic E-state index is 0.0275. The average Bonchev–Trinajstić information content (AvgIpc) is 2.07. The van der Waals surface area contributed by atoms with Gasteiger partial charge >= 0.3 is 0 Å². The number of methoxy groups -OCH3 is 1. The second-order valence-corrected chi connectivity index (χ2v) is 2.55. The Morgan fingerprint density at radius 3 is 2.45 bits per heavy atom. The van der Waals surface area contributed by atoms with Gasteiger partial charge in [-0.05, 0) is 0 Å². The molecule has 1 N–H and O–H groups in total. The van der Waals surface area contributed by atoms with Gasteiger partial charge in [-0.15, -0.1) is 0 Å². The van der Waals surface area contributed by atoms with Gasteiger partial charge < -0.3 is 19.3 Å². The summed E-state index contributed by atoms with van der Waals surface area (Å²) in [5.74, 6) is 0. The Morgan fingerprint density at radius 2 is 2.00 bits per heavy atom. The largest absolute Gasteiger partial charge is 0.394 e. The van der Waals surface area contributed by atoms with Crippen molar-refractivity contribution in [2.75, 3.05) is 33.5 Å². The lowest BCUT2D eigenvalue weighted by molar-refractivity contribution is -0.158. The molecule has 0 aromatic carbocycles. The fourth-order valence-electron chi connectivity index (χ4n) is 0.971. The van der Waals surface area contributed by atoms with Crippen LogP contribution < -0.4 is 0 Å². The summed E-state index contributed by atoms with van der Waals surface area (Å²) in [6.07, 6.45) is -0.120. The zero-order valence-corrected chi connectivity index (χ0v) is 6.66. The second kappa shape index (κ2) is 4.66. The van der Waals surface area contributed by atoms with Gasteiger partial charge in [-0.25, -0.2) is 0 Å². The highest BCUT2D eigenvalue weighted by Crippen LogP contribution is 2.06. The van der Waals surface area contributed by atoms with Gasteiger partial charge in [0, 0.05) is 7.11 Å². The van der Waals surface area contributed by atoms with Crippen molar-refractivity contribution >= 4 is 0 Å². The molecule has 4 heteroatoms. The van der Waals surface area contributed by atoms with Gasteiger partial charge in [0.25, 0.3) is 0 Å². The van der Waals surface area contributed by atoms with Crippen LogP contribution in [0.1, 0.15) is 0 Å². The first kappa shape index (κ1) is 8.93. The van der Waals surface area contributed by atoms with Gasteiger partial charge in [0.05, 0.1) is 26.4 Å². The van der Waals surface area contributed by atoms with Crippen molar-refractivity contribution < 1.29 is 19.3 Å². The summed E-state index contributed by atoms with van der Waals surface area (Å²) < 4.78 is 15.4. The molecule has 4 nitrogen and oxygen atoms in total. The van der Waals surface area contributed by atoms with Crippen molar-refractivity contribution in [3.8, 4) is 0 Å². The smallest absolute Gasteiger partial charge is 0.104 e.